The summed E-state index contributed by atoms with van der Waals surface area (Å²) in [7, 11) is 0. The second kappa shape index (κ2) is 4.48. The van der Waals surface area contributed by atoms with Crippen molar-refractivity contribution in [2.45, 2.75) is 0 Å². The largest absolute Gasteiger partial charge is 0.480 e. The number of aliphatic carboxylic acids is 1. The number of halogens is 3. The molecule has 3 nitrogen and oxygen atoms in total. The molecule has 1 N–H and O–H groups in total. The molecule has 76 valence electrons. The summed E-state index contributed by atoms with van der Waals surface area (Å²) in [6, 6.07) is 2.09. The molecule has 0 aromatic heterocycles. The van der Waals surface area contributed by atoms with Crippen LogP contribution in [0.5, 0.6) is 5.75 Å². The fourth-order valence-corrected chi connectivity index (χ4v) is 1.19. The molecule has 0 unspecified atom stereocenters. The molecule has 1 aromatic carbocycles. The lowest BCUT2D eigenvalue weighted by Crippen LogP contribution is -2.09. The molecule has 1 aromatic rings. The lowest BCUT2D eigenvalue weighted by atomic mass is 10.3. The maximum Gasteiger partial charge on any atom is 0.341 e. The molecular formula is C8H5Cl2FO3. The third-order valence-corrected chi connectivity index (χ3v) is 1.91. The Balaban J connectivity index is 2.87. The van der Waals surface area contributed by atoms with E-state index in [1.807, 2.05) is 0 Å². The third-order valence-electron chi connectivity index (χ3n) is 1.33. The summed E-state index contributed by atoms with van der Waals surface area (Å²) in [5.74, 6) is -1.93. The standard InChI is InChI=1S/C8H5Cl2FO3/c9-4-1-5(10)7(2-6(4)11)14-3-8(12)13/h1-2H,3H2,(H,12,13). The number of benzene rings is 1. The van der Waals surface area contributed by atoms with Gasteiger partial charge in [0.05, 0.1) is 10.0 Å². The van der Waals surface area contributed by atoms with Gasteiger partial charge < -0.3 is 9.84 Å². The van der Waals surface area contributed by atoms with Gasteiger partial charge in [-0.3, -0.25) is 0 Å². The fraction of sp³-hybridized carbons (Fsp3) is 0.125. The highest BCUT2D eigenvalue weighted by atomic mass is 35.5. The van der Waals surface area contributed by atoms with Crippen LogP contribution in [0.2, 0.25) is 10.0 Å². The molecule has 0 aliphatic heterocycles. The number of carboxylic acids is 1. The molecule has 0 spiro atoms. The van der Waals surface area contributed by atoms with Crippen LogP contribution in [0.3, 0.4) is 0 Å². The first kappa shape index (κ1) is 11.1. The van der Waals surface area contributed by atoms with E-state index in [-0.39, 0.29) is 15.8 Å². The van der Waals surface area contributed by atoms with Gasteiger partial charge in [-0.15, -0.1) is 0 Å². The van der Waals surface area contributed by atoms with Crippen molar-refractivity contribution in [3.8, 4) is 5.75 Å². The quantitative estimate of drug-likeness (QED) is 0.824. The number of rotatable bonds is 3. The molecule has 0 aliphatic rings. The van der Waals surface area contributed by atoms with Crippen LogP contribution in [0.25, 0.3) is 0 Å². The Kier molecular flexibility index (Phi) is 3.55. The lowest BCUT2D eigenvalue weighted by Gasteiger charge is -2.05. The second-order valence-corrected chi connectivity index (χ2v) is 3.19. The lowest BCUT2D eigenvalue weighted by molar-refractivity contribution is -0.139. The Bertz CT molecular complexity index is 368. The van der Waals surface area contributed by atoms with Crippen LogP contribution in [0.4, 0.5) is 4.39 Å². The zero-order chi connectivity index (χ0) is 10.7. The first-order chi connectivity index (χ1) is 6.50. The van der Waals surface area contributed by atoms with Crippen LogP contribution < -0.4 is 4.74 Å². The van der Waals surface area contributed by atoms with E-state index in [1.54, 1.807) is 0 Å². The number of hydrogen-bond acceptors (Lipinski definition) is 2. The van der Waals surface area contributed by atoms with Crippen LogP contribution in [0.15, 0.2) is 12.1 Å². The summed E-state index contributed by atoms with van der Waals surface area (Å²) in [4.78, 5) is 10.1. The van der Waals surface area contributed by atoms with E-state index in [4.69, 9.17) is 33.0 Å². The van der Waals surface area contributed by atoms with Gasteiger partial charge in [0, 0.05) is 6.07 Å². The average molecular weight is 239 g/mol. The molecule has 0 amide bonds. The number of carboxylic acid groups (broad SMARTS) is 1. The molecule has 0 fully saturated rings. The molecule has 1 rings (SSSR count). The highest BCUT2D eigenvalue weighted by molar-refractivity contribution is 6.35. The Hall–Kier alpha value is -1.00. The Morgan fingerprint density at radius 3 is 2.64 bits per heavy atom. The minimum absolute atomic E-state index is 0.0454. The van der Waals surface area contributed by atoms with E-state index in [0.29, 0.717) is 0 Å². The van der Waals surface area contributed by atoms with Crippen molar-refractivity contribution in [3.05, 3.63) is 28.0 Å². The van der Waals surface area contributed by atoms with E-state index >= 15 is 0 Å². The van der Waals surface area contributed by atoms with E-state index in [9.17, 15) is 9.18 Å². The molecule has 0 saturated heterocycles. The summed E-state index contributed by atoms with van der Waals surface area (Å²) in [6.07, 6.45) is 0. The van der Waals surface area contributed by atoms with Crippen molar-refractivity contribution in [1.82, 2.24) is 0 Å². The average Bonchev–Trinajstić information content (AvgIpc) is 2.09. The van der Waals surface area contributed by atoms with Gasteiger partial charge in [-0.1, -0.05) is 23.2 Å². The Labute approximate surface area is 89.0 Å². The highest BCUT2D eigenvalue weighted by Gasteiger charge is 2.09. The molecule has 0 bridgehead atoms. The first-order valence-corrected chi connectivity index (χ1v) is 4.25. The summed E-state index contributed by atoms with van der Waals surface area (Å²) in [6.45, 7) is -0.583. The first-order valence-electron chi connectivity index (χ1n) is 3.50. The predicted octanol–water partition coefficient (Wildman–Crippen LogP) is 2.60. The van der Waals surface area contributed by atoms with Crippen LogP contribution in [0.1, 0.15) is 0 Å². The summed E-state index contributed by atoms with van der Waals surface area (Å²) in [5.41, 5.74) is 0. The number of ether oxygens (including phenoxy) is 1. The zero-order valence-electron chi connectivity index (χ0n) is 6.76. The molecule has 14 heavy (non-hydrogen) atoms. The molecule has 6 heteroatoms. The van der Waals surface area contributed by atoms with E-state index in [0.717, 1.165) is 12.1 Å². The van der Waals surface area contributed by atoms with Gasteiger partial charge in [-0.05, 0) is 6.07 Å². The molecule has 0 atom stereocenters. The van der Waals surface area contributed by atoms with Gasteiger partial charge in [0.15, 0.2) is 6.61 Å². The van der Waals surface area contributed by atoms with Crippen molar-refractivity contribution >= 4 is 29.2 Å². The van der Waals surface area contributed by atoms with Gasteiger partial charge in [-0.2, -0.15) is 0 Å². The third kappa shape index (κ3) is 2.75. The normalized spacial score (nSPS) is 9.93. The van der Waals surface area contributed by atoms with Crippen molar-refractivity contribution in [3.63, 3.8) is 0 Å². The van der Waals surface area contributed by atoms with E-state index in [2.05, 4.69) is 0 Å². The minimum Gasteiger partial charge on any atom is -0.480 e. The summed E-state index contributed by atoms with van der Waals surface area (Å²) >= 11 is 11.0. The van der Waals surface area contributed by atoms with Gasteiger partial charge in [-0.25, -0.2) is 9.18 Å². The van der Waals surface area contributed by atoms with Crippen LogP contribution in [-0.4, -0.2) is 17.7 Å². The molecule has 0 radical (unpaired) electrons. The Morgan fingerprint density at radius 1 is 1.43 bits per heavy atom. The number of carbonyl (C=O) groups is 1. The maximum absolute atomic E-state index is 12.9. The summed E-state index contributed by atoms with van der Waals surface area (Å²) in [5, 5.41) is 8.23. The summed E-state index contributed by atoms with van der Waals surface area (Å²) < 4.78 is 17.6. The topological polar surface area (TPSA) is 46.5 Å². The Morgan fingerprint density at radius 2 is 2.07 bits per heavy atom. The van der Waals surface area contributed by atoms with Crippen molar-refractivity contribution in [1.29, 1.82) is 0 Å². The van der Waals surface area contributed by atoms with Crippen LogP contribution in [0, 0.1) is 5.82 Å². The highest BCUT2D eigenvalue weighted by Crippen LogP contribution is 2.29. The van der Waals surface area contributed by atoms with E-state index in [1.165, 1.54) is 0 Å². The second-order valence-electron chi connectivity index (χ2n) is 2.38. The SMILES string of the molecule is O=C(O)COc1cc(F)c(Cl)cc1Cl. The van der Waals surface area contributed by atoms with Gasteiger partial charge >= 0.3 is 5.97 Å². The van der Waals surface area contributed by atoms with Gasteiger partial charge in [0.1, 0.15) is 11.6 Å². The van der Waals surface area contributed by atoms with Crippen LogP contribution in [-0.2, 0) is 4.79 Å². The number of hydrogen-bond donors (Lipinski definition) is 1. The smallest absolute Gasteiger partial charge is 0.341 e. The molecule has 0 heterocycles. The zero-order valence-corrected chi connectivity index (χ0v) is 8.27. The van der Waals surface area contributed by atoms with Gasteiger partial charge in [0.2, 0.25) is 0 Å². The van der Waals surface area contributed by atoms with Crippen molar-refractivity contribution in [2.75, 3.05) is 6.61 Å². The van der Waals surface area contributed by atoms with Crippen LogP contribution >= 0.6 is 23.2 Å². The van der Waals surface area contributed by atoms with Crippen molar-refractivity contribution < 1.29 is 19.0 Å². The van der Waals surface area contributed by atoms with Gasteiger partial charge in [0.25, 0.3) is 0 Å². The van der Waals surface area contributed by atoms with E-state index < -0.39 is 18.4 Å². The van der Waals surface area contributed by atoms with Crippen molar-refractivity contribution in [2.24, 2.45) is 0 Å². The predicted molar refractivity (Wildman–Crippen MR) is 49.6 cm³/mol. The monoisotopic (exact) mass is 238 g/mol. The minimum atomic E-state index is -1.17. The maximum atomic E-state index is 12.9. The fourth-order valence-electron chi connectivity index (χ4n) is 0.754. The molecule has 0 aliphatic carbocycles. The molecular weight excluding hydrogens is 234 g/mol. The molecule has 0 saturated carbocycles.